The van der Waals surface area contributed by atoms with E-state index in [1.165, 1.54) is 0 Å². The van der Waals surface area contributed by atoms with Crippen LogP contribution in [-0.4, -0.2) is 17.4 Å². The van der Waals surface area contributed by atoms with Crippen LogP contribution < -0.4 is 4.90 Å². The first-order valence-corrected chi connectivity index (χ1v) is 7.73. The van der Waals surface area contributed by atoms with Crippen molar-refractivity contribution in [3.63, 3.8) is 0 Å². The zero-order chi connectivity index (χ0) is 13.5. The third-order valence-corrected chi connectivity index (χ3v) is 5.01. The molecule has 0 saturated carbocycles. The minimum atomic E-state index is -0.535. The summed E-state index contributed by atoms with van der Waals surface area (Å²) < 4.78 is 0.745. The van der Waals surface area contributed by atoms with E-state index < -0.39 is 5.41 Å². The summed E-state index contributed by atoms with van der Waals surface area (Å²) >= 11 is 2.32. The van der Waals surface area contributed by atoms with E-state index in [-0.39, 0.29) is 5.91 Å². The molecule has 1 aliphatic heterocycles. The minimum absolute atomic E-state index is 0.161. The highest BCUT2D eigenvalue weighted by atomic mass is 127. The fraction of sp³-hybridized carbons (Fsp3) is 0.188. The van der Waals surface area contributed by atoms with Gasteiger partial charge in [-0.05, 0) is 17.2 Å². The summed E-state index contributed by atoms with van der Waals surface area (Å²) in [6, 6.07) is 18.2. The first kappa shape index (κ1) is 12.7. The maximum absolute atomic E-state index is 12.8. The maximum Gasteiger partial charge on any atom is 0.242 e. The van der Waals surface area contributed by atoms with Gasteiger partial charge in [-0.2, -0.15) is 0 Å². The van der Waals surface area contributed by atoms with Gasteiger partial charge in [0.2, 0.25) is 5.91 Å². The summed E-state index contributed by atoms with van der Waals surface area (Å²) in [7, 11) is 1.86. The van der Waals surface area contributed by atoms with Crippen LogP contribution in [0.3, 0.4) is 0 Å². The summed E-state index contributed by atoms with van der Waals surface area (Å²) in [5.74, 6) is 0.161. The summed E-state index contributed by atoms with van der Waals surface area (Å²) in [6.45, 7) is 0. The normalized spacial score (nSPS) is 21.6. The van der Waals surface area contributed by atoms with Crippen LogP contribution in [-0.2, 0) is 10.2 Å². The quantitative estimate of drug-likeness (QED) is 0.592. The van der Waals surface area contributed by atoms with Crippen molar-refractivity contribution in [3.8, 4) is 0 Å². The molecule has 2 aromatic rings. The number of hydrogen-bond acceptors (Lipinski definition) is 1. The van der Waals surface area contributed by atoms with E-state index >= 15 is 0 Å². The molecule has 0 radical (unpaired) electrons. The number of fused-ring (bicyclic) bond motifs is 1. The molecule has 1 atom stereocenters. The molecule has 1 heterocycles. The molecule has 3 rings (SSSR count). The van der Waals surface area contributed by atoms with Crippen LogP contribution in [0.5, 0.6) is 0 Å². The number of hydrogen-bond donors (Lipinski definition) is 0. The Hall–Kier alpha value is -1.36. The molecule has 0 bridgehead atoms. The smallest absolute Gasteiger partial charge is 0.242 e. The molecular formula is C16H14INO. The van der Waals surface area contributed by atoms with Gasteiger partial charge in [0.25, 0.3) is 0 Å². The number of amides is 1. The second-order valence-corrected chi connectivity index (χ2v) is 5.55. The molecule has 0 spiro atoms. The molecule has 19 heavy (non-hydrogen) atoms. The molecule has 3 heteroatoms. The van der Waals surface area contributed by atoms with E-state index in [1.54, 1.807) is 4.90 Å². The van der Waals surface area contributed by atoms with E-state index in [9.17, 15) is 4.79 Å². The molecule has 0 fully saturated rings. The van der Waals surface area contributed by atoms with Crippen LogP contribution in [0.2, 0.25) is 0 Å². The molecule has 1 aliphatic rings. The van der Waals surface area contributed by atoms with E-state index in [1.807, 2.05) is 55.6 Å². The summed E-state index contributed by atoms with van der Waals surface area (Å²) in [5, 5.41) is 0. The van der Waals surface area contributed by atoms with Gasteiger partial charge >= 0.3 is 0 Å². The van der Waals surface area contributed by atoms with E-state index in [4.69, 9.17) is 0 Å². The van der Waals surface area contributed by atoms with Crippen LogP contribution in [0.1, 0.15) is 11.1 Å². The fourth-order valence-electron chi connectivity index (χ4n) is 2.85. The topological polar surface area (TPSA) is 20.3 Å². The van der Waals surface area contributed by atoms with Crippen molar-refractivity contribution in [3.05, 3.63) is 65.7 Å². The minimum Gasteiger partial charge on any atom is -0.314 e. The molecule has 1 amide bonds. The fourth-order valence-corrected chi connectivity index (χ4v) is 4.02. The Labute approximate surface area is 126 Å². The van der Waals surface area contributed by atoms with Crippen molar-refractivity contribution >= 4 is 34.2 Å². The first-order chi connectivity index (χ1) is 9.21. The Morgan fingerprint density at radius 3 is 2.37 bits per heavy atom. The first-order valence-electron chi connectivity index (χ1n) is 6.21. The zero-order valence-corrected chi connectivity index (χ0v) is 12.8. The number of anilines is 1. The number of likely N-dealkylation sites (N-methyl/N-ethyl adjacent to an activating group) is 1. The lowest BCUT2D eigenvalue weighted by molar-refractivity contribution is -0.120. The molecule has 0 aromatic heterocycles. The molecular weight excluding hydrogens is 349 g/mol. The number of para-hydroxylation sites is 1. The van der Waals surface area contributed by atoms with Crippen LogP contribution in [0.15, 0.2) is 54.6 Å². The lowest BCUT2D eigenvalue weighted by atomic mass is 9.77. The summed E-state index contributed by atoms with van der Waals surface area (Å²) in [4.78, 5) is 14.6. The average Bonchev–Trinajstić information content (AvgIpc) is 2.70. The maximum atomic E-state index is 12.8. The molecule has 1 unspecified atom stereocenters. The highest BCUT2D eigenvalue weighted by Gasteiger charge is 2.49. The standard InChI is InChI=1S/C16H14INO/c1-18-14-10-6-5-9-13(14)16(11-17,15(18)19)12-7-3-2-4-8-12/h2-10H,11H2,1H3. The largest absolute Gasteiger partial charge is 0.314 e. The molecule has 2 aromatic carbocycles. The van der Waals surface area contributed by atoms with Gasteiger partial charge in [-0.25, -0.2) is 0 Å². The predicted molar refractivity (Wildman–Crippen MR) is 86.0 cm³/mol. The summed E-state index contributed by atoms with van der Waals surface area (Å²) in [6.07, 6.45) is 0. The van der Waals surface area contributed by atoms with Gasteiger partial charge in [0.1, 0.15) is 5.41 Å². The Morgan fingerprint density at radius 1 is 1.05 bits per heavy atom. The van der Waals surface area contributed by atoms with E-state index in [2.05, 4.69) is 28.7 Å². The second kappa shape index (κ2) is 4.63. The van der Waals surface area contributed by atoms with Crippen molar-refractivity contribution in [2.24, 2.45) is 0 Å². The molecule has 0 N–H and O–H groups in total. The second-order valence-electron chi connectivity index (χ2n) is 4.79. The lowest BCUT2D eigenvalue weighted by Crippen LogP contribution is -2.41. The van der Waals surface area contributed by atoms with Crippen molar-refractivity contribution < 1.29 is 4.79 Å². The van der Waals surface area contributed by atoms with Gasteiger partial charge in [-0.1, -0.05) is 71.1 Å². The average molecular weight is 363 g/mol. The molecule has 0 aliphatic carbocycles. The zero-order valence-electron chi connectivity index (χ0n) is 10.6. The van der Waals surface area contributed by atoms with Crippen LogP contribution >= 0.6 is 22.6 Å². The SMILES string of the molecule is CN1C(=O)C(CI)(c2ccccc2)c2ccccc21. The van der Waals surface area contributed by atoms with Crippen LogP contribution in [0.25, 0.3) is 0 Å². The third-order valence-electron chi connectivity index (χ3n) is 3.86. The third kappa shape index (κ3) is 1.64. The van der Waals surface area contributed by atoms with E-state index in [0.717, 1.165) is 21.2 Å². The number of alkyl halides is 1. The Balaban J connectivity index is 2.30. The highest BCUT2D eigenvalue weighted by molar-refractivity contribution is 14.1. The number of carbonyl (C=O) groups is 1. The lowest BCUT2D eigenvalue weighted by Gasteiger charge is -2.26. The van der Waals surface area contributed by atoms with Crippen LogP contribution in [0.4, 0.5) is 5.69 Å². The Bertz CT molecular complexity index is 626. The van der Waals surface area contributed by atoms with Gasteiger partial charge in [-0.3, -0.25) is 4.79 Å². The number of benzene rings is 2. The predicted octanol–water partition coefficient (Wildman–Crippen LogP) is 3.38. The van der Waals surface area contributed by atoms with Crippen molar-refractivity contribution in [2.75, 3.05) is 16.4 Å². The molecule has 0 saturated heterocycles. The van der Waals surface area contributed by atoms with Gasteiger partial charge < -0.3 is 4.90 Å². The molecule has 96 valence electrons. The Morgan fingerprint density at radius 2 is 1.68 bits per heavy atom. The number of carbonyl (C=O) groups excluding carboxylic acids is 1. The van der Waals surface area contributed by atoms with Gasteiger partial charge in [-0.15, -0.1) is 0 Å². The number of halogens is 1. The monoisotopic (exact) mass is 363 g/mol. The van der Waals surface area contributed by atoms with Crippen molar-refractivity contribution in [1.82, 2.24) is 0 Å². The highest BCUT2D eigenvalue weighted by Crippen LogP contribution is 2.46. The Kier molecular flexibility index (Phi) is 3.09. The van der Waals surface area contributed by atoms with Gasteiger partial charge in [0.15, 0.2) is 0 Å². The number of nitrogens with zero attached hydrogens (tertiary/aromatic N) is 1. The summed E-state index contributed by atoms with van der Waals surface area (Å²) in [5.41, 5.74) is 2.68. The van der Waals surface area contributed by atoms with Gasteiger partial charge in [0, 0.05) is 17.2 Å². The van der Waals surface area contributed by atoms with Crippen LogP contribution in [0, 0.1) is 0 Å². The van der Waals surface area contributed by atoms with Crippen molar-refractivity contribution in [2.45, 2.75) is 5.41 Å². The van der Waals surface area contributed by atoms with E-state index in [0.29, 0.717) is 0 Å². The van der Waals surface area contributed by atoms with Crippen molar-refractivity contribution in [1.29, 1.82) is 0 Å². The molecule has 2 nitrogen and oxygen atoms in total. The van der Waals surface area contributed by atoms with Gasteiger partial charge in [0.05, 0.1) is 0 Å². The number of rotatable bonds is 2.